The lowest BCUT2D eigenvalue weighted by Gasteiger charge is -2.22. The number of thioether (sulfide) groups is 1. The van der Waals surface area contributed by atoms with Crippen molar-refractivity contribution in [3.8, 4) is 11.5 Å². The second kappa shape index (κ2) is 9.71. The maximum absolute atomic E-state index is 13.4. The third-order valence-corrected chi connectivity index (χ3v) is 6.97. The Morgan fingerprint density at radius 3 is 2.46 bits per heavy atom. The number of amides is 3. The molecular weight excluding hydrogens is 466 g/mol. The monoisotopic (exact) mass is 489 g/mol. The van der Waals surface area contributed by atoms with Gasteiger partial charge in [-0.15, -0.1) is 11.8 Å². The molecule has 0 spiro atoms. The van der Waals surface area contributed by atoms with E-state index in [1.54, 1.807) is 36.0 Å². The summed E-state index contributed by atoms with van der Waals surface area (Å²) in [5.41, 5.74) is 2.89. The molecule has 3 amide bonds. The Bertz CT molecular complexity index is 1290. The fourth-order valence-electron chi connectivity index (χ4n) is 4.03. The minimum atomic E-state index is -0.313. The van der Waals surface area contributed by atoms with Gasteiger partial charge in [0.05, 0.1) is 5.69 Å². The molecule has 1 unspecified atom stereocenters. The molecule has 2 aliphatic heterocycles. The van der Waals surface area contributed by atoms with Gasteiger partial charge in [-0.05, 0) is 54.1 Å². The normalized spacial score (nSPS) is 16.3. The highest BCUT2D eigenvalue weighted by Crippen LogP contribution is 2.47. The first kappa shape index (κ1) is 22.8. The molecule has 2 N–H and O–H groups in total. The third-order valence-electron chi connectivity index (χ3n) is 5.65. The van der Waals surface area contributed by atoms with E-state index in [2.05, 4.69) is 10.6 Å². The van der Waals surface area contributed by atoms with Crippen LogP contribution in [0, 0.1) is 0 Å². The summed E-state index contributed by atoms with van der Waals surface area (Å²) in [4.78, 5) is 39.9. The highest BCUT2D eigenvalue weighted by molar-refractivity contribution is 7.99. The average Bonchev–Trinajstić information content (AvgIpc) is 3.26. The summed E-state index contributed by atoms with van der Waals surface area (Å²) in [6, 6.07) is 20.2. The van der Waals surface area contributed by atoms with Gasteiger partial charge in [0.1, 0.15) is 6.54 Å². The van der Waals surface area contributed by atoms with Crippen molar-refractivity contribution in [2.24, 2.45) is 0 Å². The van der Waals surface area contributed by atoms with Crippen molar-refractivity contribution >= 4 is 46.5 Å². The molecule has 0 saturated carbocycles. The van der Waals surface area contributed by atoms with Crippen LogP contribution in [-0.2, 0) is 14.4 Å². The quantitative estimate of drug-likeness (QED) is 0.545. The van der Waals surface area contributed by atoms with Crippen LogP contribution in [0.3, 0.4) is 0 Å². The van der Waals surface area contributed by atoms with Crippen LogP contribution in [0.15, 0.2) is 71.6 Å². The summed E-state index contributed by atoms with van der Waals surface area (Å²) >= 11 is 1.60. The molecule has 3 aromatic carbocycles. The molecule has 2 heterocycles. The number of nitrogens with one attached hydrogen (secondary N) is 2. The molecule has 0 aliphatic carbocycles. The van der Waals surface area contributed by atoms with Crippen LogP contribution in [0.25, 0.3) is 0 Å². The number of fused-ring (bicyclic) bond motifs is 2. The Morgan fingerprint density at radius 2 is 1.69 bits per heavy atom. The maximum Gasteiger partial charge on any atom is 0.244 e. The highest BCUT2D eigenvalue weighted by atomic mass is 32.2. The number of carbonyl (C=O) groups excluding carboxylic acids is 3. The molecule has 178 valence electrons. The van der Waals surface area contributed by atoms with Crippen LogP contribution in [-0.4, -0.2) is 31.1 Å². The van der Waals surface area contributed by atoms with Crippen molar-refractivity contribution in [2.45, 2.75) is 23.5 Å². The van der Waals surface area contributed by atoms with E-state index in [9.17, 15) is 14.4 Å². The fraction of sp³-hybridized carbons (Fsp3) is 0.192. The molecule has 9 heteroatoms. The fourth-order valence-corrected chi connectivity index (χ4v) is 5.31. The van der Waals surface area contributed by atoms with Gasteiger partial charge < -0.3 is 25.0 Å². The minimum Gasteiger partial charge on any atom is -0.454 e. The van der Waals surface area contributed by atoms with E-state index < -0.39 is 0 Å². The molecule has 0 bridgehead atoms. The van der Waals surface area contributed by atoms with E-state index in [1.165, 1.54) is 11.8 Å². The second-order valence-electron chi connectivity index (χ2n) is 8.18. The van der Waals surface area contributed by atoms with Gasteiger partial charge in [-0.25, -0.2) is 0 Å². The van der Waals surface area contributed by atoms with E-state index >= 15 is 0 Å². The van der Waals surface area contributed by atoms with E-state index in [1.807, 2.05) is 42.5 Å². The molecule has 0 radical (unpaired) electrons. The van der Waals surface area contributed by atoms with Crippen molar-refractivity contribution in [3.63, 3.8) is 0 Å². The van der Waals surface area contributed by atoms with E-state index in [0.717, 1.165) is 10.5 Å². The van der Waals surface area contributed by atoms with Crippen molar-refractivity contribution < 1.29 is 23.9 Å². The van der Waals surface area contributed by atoms with Gasteiger partial charge in [-0.2, -0.15) is 0 Å². The SMILES string of the molecule is CC(=O)Nc1ccc(NC(=O)CN2C(=O)CC(c3ccc4c(c3)OCO4)Sc3ccccc32)cc1. The minimum absolute atomic E-state index is 0.113. The molecule has 8 nitrogen and oxygen atoms in total. The molecule has 2 aliphatic rings. The number of hydrogen-bond donors (Lipinski definition) is 2. The Balaban J connectivity index is 1.33. The van der Waals surface area contributed by atoms with Crippen LogP contribution < -0.4 is 25.0 Å². The predicted octanol–water partition coefficient (Wildman–Crippen LogP) is 4.58. The average molecular weight is 490 g/mol. The summed E-state index contributed by atoms with van der Waals surface area (Å²) < 4.78 is 10.9. The lowest BCUT2D eigenvalue weighted by molar-refractivity contribution is -0.121. The van der Waals surface area contributed by atoms with E-state index in [0.29, 0.717) is 28.6 Å². The summed E-state index contributed by atoms with van der Waals surface area (Å²) in [6.45, 7) is 1.51. The first-order chi connectivity index (χ1) is 17.0. The smallest absolute Gasteiger partial charge is 0.244 e. The molecule has 0 saturated heterocycles. The molecular formula is C26H23N3O5S. The van der Waals surface area contributed by atoms with Crippen molar-refractivity contribution in [1.29, 1.82) is 0 Å². The summed E-state index contributed by atoms with van der Waals surface area (Å²) in [5.74, 6) is 0.752. The van der Waals surface area contributed by atoms with Gasteiger partial charge in [-0.3, -0.25) is 14.4 Å². The van der Waals surface area contributed by atoms with Crippen LogP contribution in [0.4, 0.5) is 17.1 Å². The van der Waals surface area contributed by atoms with Crippen LogP contribution >= 0.6 is 11.8 Å². The Hall–Kier alpha value is -3.98. The molecule has 3 aromatic rings. The summed E-state index contributed by atoms with van der Waals surface area (Å²) in [6.07, 6.45) is 0.234. The Morgan fingerprint density at radius 1 is 0.971 bits per heavy atom. The maximum atomic E-state index is 13.4. The Kier molecular flexibility index (Phi) is 6.33. The third kappa shape index (κ3) is 5.09. The number of ether oxygens (including phenoxy) is 2. The van der Waals surface area contributed by atoms with Gasteiger partial charge in [0.25, 0.3) is 0 Å². The number of nitrogens with zero attached hydrogens (tertiary/aromatic N) is 1. The number of benzene rings is 3. The van der Waals surface area contributed by atoms with Crippen LogP contribution in [0.2, 0.25) is 0 Å². The summed E-state index contributed by atoms with van der Waals surface area (Å²) in [7, 11) is 0. The van der Waals surface area contributed by atoms with Crippen LogP contribution in [0.1, 0.15) is 24.2 Å². The summed E-state index contributed by atoms with van der Waals surface area (Å²) in [5, 5.41) is 5.38. The van der Waals surface area contributed by atoms with Gasteiger partial charge in [0.15, 0.2) is 11.5 Å². The number of anilines is 3. The molecule has 5 rings (SSSR count). The standard InChI is InChI=1S/C26H23N3O5S/c1-16(30)27-18-7-9-19(10-8-18)28-25(31)14-29-20-4-2-3-5-23(20)35-24(13-26(29)32)17-6-11-21-22(12-17)34-15-33-21/h2-12,24H,13-15H2,1H3,(H,27,30)(H,28,31). The van der Waals surface area contributed by atoms with Crippen molar-refractivity contribution in [2.75, 3.05) is 28.9 Å². The number of rotatable bonds is 5. The first-order valence-corrected chi connectivity index (χ1v) is 12.0. The van der Waals surface area contributed by atoms with Crippen LogP contribution in [0.5, 0.6) is 11.5 Å². The first-order valence-electron chi connectivity index (χ1n) is 11.1. The van der Waals surface area contributed by atoms with E-state index in [-0.39, 0.29) is 42.7 Å². The number of carbonyl (C=O) groups is 3. The lowest BCUT2D eigenvalue weighted by atomic mass is 10.1. The zero-order valence-electron chi connectivity index (χ0n) is 18.9. The number of para-hydroxylation sites is 1. The largest absolute Gasteiger partial charge is 0.454 e. The van der Waals surface area contributed by atoms with Gasteiger partial charge >= 0.3 is 0 Å². The molecule has 0 fully saturated rings. The lowest BCUT2D eigenvalue weighted by Crippen LogP contribution is -2.38. The zero-order valence-corrected chi connectivity index (χ0v) is 19.8. The molecule has 1 atom stereocenters. The highest BCUT2D eigenvalue weighted by Gasteiger charge is 2.31. The zero-order chi connectivity index (χ0) is 24.4. The Labute approximate surface area is 206 Å². The topological polar surface area (TPSA) is 97.0 Å². The van der Waals surface area contributed by atoms with Crippen molar-refractivity contribution in [3.05, 3.63) is 72.3 Å². The molecule has 35 heavy (non-hydrogen) atoms. The van der Waals surface area contributed by atoms with Gasteiger partial charge in [0, 0.05) is 34.9 Å². The van der Waals surface area contributed by atoms with Crippen molar-refractivity contribution in [1.82, 2.24) is 0 Å². The van der Waals surface area contributed by atoms with Gasteiger partial charge in [-0.1, -0.05) is 18.2 Å². The predicted molar refractivity (Wildman–Crippen MR) is 134 cm³/mol. The number of hydrogen-bond acceptors (Lipinski definition) is 6. The van der Waals surface area contributed by atoms with Gasteiger partial charge in [0.2, 0.25) is 24.5 Å². The van der Waals surface area contributed by atoms with E-state index in [4.69, 9.17) is 9.47 Å². The molecule has 0 aromatic heterocycles. The second-order valence-corrected chi connectivity index (χ2v) is 9.42.